The largest absolute Gasteiger partial charge is 0.376 e. The molecule has 1 aromatic rings. The van der Waals surface area contributed by atoms with Gasteiger partial charge in [-0.05, 0) is 18.3 Å². The number of nitrogens with two attached hydrogens (primary N) is 1. The smallest absolute Gasteiger partial charge is 0.168 e. The Hall–Kier alpha value is -0.940. The van der Waals surface area contributed by atoms with E-state index in [0.29, 0.717) is 6.07 Å². The van der Waals surface area contributed by atoms with Gasteiger partial charge in [0.15, 0.2) is 5.11 Å². The molecule has 0 saturated carbocycles. The minimum absolute atomic E-state index is 0.0201. The highest BCUT2D eigenvalue weighted by atomic mass is 35.5. The van der Waals surface area contributed by atoms with Gasteiger partial charge in [0.2, 0.25) is 0 Å². The molecule has 0 saturated heterocycles. The quantitative estimate of drug-likeness (QED) is 0.566. The molecule has 6 heteroatoms. The van der Waals surface area contributed by atoms with Gasteiger partial charge in [0.25, 0.3) is 0 Å². The molecule has 70 valence electrons. The molecule has 0 atom stereocenters. The normalized spacial score (nSPS) is 9.77. The summed E-state index contributed by atoms with van der Waals surface area (Å²) in [6.07, 6.45) is 0. The van der Waals surface area contributed by atoms with Crippen LogP contribution in [0, 0.1) is 11.6 Å². The van der Waals surface area contributed by atoms with E-state index >= 15 is 0 Å². The van der Waals surface area contributed by atoms with E-state index in [1.165, 1.54) is 0 Å². The van der Waals surface area contributed by atoms with Crippen LogP contribution in [0.25, 0.3) is 0 Å². The van der Waals surface area contributed by atoms with E-state index < -0.39 is 11.6 Å². The second-order valence-corrected chi connectivity index (χ2v) is 3.06. The van der Waals surface area contributed by atoms with Gasteiger partial charge < -0.3 is 11.1 Å². The highest BCUT2D eigenvalue weighted by Crippen LogP contribution is 2.25. The SMILES string of the molecule is NC(=S)Nc1cc(F)cc(F)c1Cl. The molecule has 3 N–H and O–H groups in total. The first-order valence-electron chi connectivity index (χ1n) is 3.21. The van der Waals surface area contributed by atoms with Gasteiger partial charge in [-0.2, -0.15) is 0 Å². The Kier molecular flexibility index (Phi) is 3.00. The maximum Gasteiger partial charge on any atom is 0.168 e. The monoisotopic (exact) mass is 222 g/mol. The van der Waals surface area contributed by atoms with Crippen molar-refractivity contribution in [2.45, 2.75) is 0 Å². The number of nitrogens with one attached hydrogen (secondary N) is 1. The van der Waals surface area contributed by atoms with Gasteiger partial charge in [-0.15, -0.1) is 0 Å². The second kappa shape index (κ2) is 3.85. The summed E-state index contributed by atoms with van der Waals surface area (Å²) >= 11 is 9.98. The first kappa shape index (κ1) is 10.1. The van der Waals surface area contributed by atoms with E-state index in [4.69, 9.17) is 17.3 Å². The highest BCUT2D eigenvalue weighted by Gasteiger charge is 2.08. The van der Waals surface area contributed by atoms with Gasteiger partial charge in [0.05, 0.1) is 5.69 Å². The van der Waals surface area contributed by atoms with E-state index in [9.17, 15) is 8.78 Å². The van der Waals surface area contributed by atoms with Crippen molar-refractivity contribution < 1.29 is 8.78 Å². The van der Waals surface area contributed by atoms with Gasteiger partial charge in [-0.3, -0.25) is 0 Å². The van der Waals surface area contributed by atoms with Gasteiger partial charge in [0, 0.05) is 6.07 Å². The summed E-state index contributed by atoms with van der Waals surface area (Å²) in [5.74, 6) is -1.61. The first-order valence-corrected chi connectivity index (χ1v) is 4.00. The number of halogens is 3. The molecule has 0 bridgehead atoms. The van der Waals surface area contributed by atoms with Crippen molar-refractivity contribution in [1.82, 2.24) is 0 Å². The zero-order valence-corrected chi connectivity index (χ0v) is 7.85. The Morgan fingerprint density at radius 1 is 1.46 bits per heavy atom. The molecule has 0 amide bonds. The van der Waals surface area contributed by atoms with Gasteiger partial charge in [-0.25, -0.2) is 8.78 Å². The maximum absolute atomic E-state index is 12.8. The number of hydrogen-bond acceptors (Lipinski definition) is 1. The number of rotatable bonds is 1. The summed E-state index contributed by atoms with van der Waals surface area (Å²) in [6, 6.07) is 1.68. The van der Waals surface area contributed by atoms with Crippen LogP contribution in [0.15, 0.2) is 12.1 Å². The molecule has 1 rings (SSSR count). The lowest BCUT2D eigenvalue weighted by Gasteiger charge is -2.06. The lowest BCUT2D eigenvalue weighted by atomic mass is 10.3. The van der Waals surface area contributed by atoms with Crippen molar-refractivity contribution >= 4 is 34.6 Å². The summed E-state index contributed by atoms with van der Waals surface area (Å²) in [5.41, 5.74) is 5.13. The predicted octanol–water partition coefficient (Wildman–Crippen LogP) is 2.27. The molecule has 0 fully saturated rings. The Morgan fingerprint density at radius 3 is 2.62 bits per heavy atom. The van der Waals surface area contributed by atoms with Crippen LogP contribution in [0.4, 0.5) is 14.5 Å². The van der Waals surface area contributed by atoms with Crippen LogP contribution >= 0.6 is 23.8 Å². The third-order valence-corrected chi connectivity index (χ3v) is 1.74. The number of hydrogen-bond donors (Lipinski definition) is 2. The van der Waals surface area contributed by atoms with Crippen LogP contribution in [-0.4, -0.2) is 5.11 Å². The van der Waals surface area contributed by atoms with E-state index in [1.54, 1.807) is 0 Å². The molecular weight excluding hydrogens is 218 g/mol. The van der Waals surface area contributed by atoms with Crippen molar-refractivity contribution in [3.63, 3.8) is 0 Å². The number of thiocarbonyl (C=S) groups is 1. The average Bonchev–Trinajstić information content (AvgIpc) is 1.98. The molecule has 0 heterocycles. The standard InChI is InChI=1S/C7H5ClF2N2S/c8-6-4(10)1-3(9)2-5(6)12-7(11)13/h1-2H,(H3,11,12,13). The Bertz CT molecular complexity index is 357. The van der Waals surface area contributed by atoms with Crippen molar-refractivity contribution in [3.05, 3.63) is 28.8 Å². The molecule has 2 nitrogen and oxygen atoms in total. The first-order chi connectivity index (χ1) is 6.00. The summed E-state index contributed by atoms with van der Waals surface area (Å²) in [6.45, 7) is 0. The Balaban J connectivity index is 3.12. The lowest BCUT2D eigenvalue weighted by molar-refractivity contribution is 0.584. The summed E-state index contributed by atoms with van der Waals surface area (Å²) < 4.78 is 25.4. The Labute approximate surface area is 83.7 Å². The van der Waals surface area contributed by atoms with Gasteiger partial charge in [-0.1, -0.05) is 11.6 Å². The Morgan fingerprint density at radius 2 is 2.08 bits per heavy atom. The van der Waals surface area contributed by atoms with E-state index in [1.807, 2.05) is 0 Å². The van der Waals surface area contributed by atoms with Crippen molar-refractivity contribution in [2.24, 2.45) is 5.73 Å². The summed E-state index contributed by atoms with van der Waals surface area (Å²) in [5, 5.41) is 2.01. The summed E-state index contributed by atoms with van der Waals surface area (Å²) in [7, 11) is 0. The van der Waals surface area contributed by atoms with Crippen LogP contribution in [0.2, 0.25) is 5.02 Å². The minimum Gasteiger partial charge on any atom is -0.376 e. The third-order valence-electron chi connectivity index (χ3n) is 1.25. The predicted molar refractivity (Wildman–Crippen MR) is 51.8 cm³/mol. The van der Waals surface area contributed by atoms with Crippen molar-refractivity contribution in [3.8, 4) is 0 Å². The fourth-order valence-corrected chi connectivity index (χ4v) is 1.05. The van der Waals surface area contributed by atoms with Gasteiger partial charge in [0.1, 0.15) is 16.7 Å². The molecule has 0 spiro atoms. The van der Waals surface area contributed by atoms with E-state index in [-0.39, 0.29) is 15.8 Å². The molecular formula is C7H5ClF2N2S. The average molecular weight is 223 g/mol. The fraction of sp³-hybridized carbons (Fsp3) is 0. The zero-order valence-electron chi connectivity index (χ0n) is 6.27. The maximum atomic E-state index is 12.8. The van der Waals surface area contributed by atoms with Gasteiger partial charge >= 0.3 is 0 Å². The lowest BCUT2D eigenvalue weighted by Crippen LogP contribution is -2.19. The molecule has 1 aromatic carbocycles. The third kappa shape index (κ3) is 2.50. The molecule has 13 heavy (non-hydrogen) atoms. The molecule has 0 aliphatic heterocycles. The number of anilines is 1. The van der Waals surface area contributed by atoms with E-state index in [0.717, 1.165) is 6.07 Å². The van der Waals surface area contributed by atoms with Crippen LogP contribution in [0.3, 0.4) is 0 Å². The molecule has 0 aromatic heterocycles. The minimum atomic E-state index is -0.861. The zero-order chi connectivity index (χ0) is 10.0. The van der Waals surface area contributed by atoms with E-state index in [2.05, 4.69) is 17.5 Å². The van der Waals surface area contributed by atoms with Crippen LogP contribution < -0.4 is 11.1 Å². The molecule has 0 radical (unpaired) electrons. The van der Waals surface area contributed by atoms with Crippen molar-refractivity contribution in [1.29, 1.82) is 0 Å². The van der Waals surface area contributed by atoms with Crippen LogP contribution in [0.5, 0.6) is 0 Å². The second-order valence-electron chi connectivity index (χ2n) is 2.24. The summed E-state index contributed by atoms with van der Waals surface area (Å²) in [4.78, 5) is 0. The molecule has 0 unspecified atom stereocenters. The van der Waals surface area contributed by atoms with Crippen LogP contribution in [0.1, 0.15) is 0 Å². The highest BCUT2D eigenvalue weighted by molar-refractivity contribution is 7.80. The fourth-order valence-electron chi connectivity index (χ4n) is 0.780. The molecule has 0 aliphatic rings. The molecule has 0 aliphatic carbocycles. The van der Waals surface area contributed by atoms with Crippen molar-refractivity contribution in [2.75, 3.05) is 5.32 Å². The number of benzene rings is 1. The topological polar surface area (TPSA) is 38.0 Å². The van der Waals surface area contributed by atoms with Crippen LogP contribution in [-0.2, 0) is 0 Å².